The molecule has 2 aromatic rings. The standard InChI is InChI=1S/C19H26N2O2/c22-19(14-20-8-1-2-9-20)7-3-10-21(15-19)13-16-4-5-18-17(12-16)6-11-23-18/h4-6,11-12,22H,1-3,7-10,13-15H2. The number of aliphatic hydroxyl groups is 1. The molecule has 2 aliphatic heterocycles. The minimum absolute atomic E-state index is 0.539. The van der Waals surface area contributed by atoms with Gasteiger partial charge in [-0.15, -0.1) is 0 Å². The molecule has 1 N–H and O–H groups in total. The SMILES string of the molecule is OC1(CN2CCCC2)CCCN(Cc2ccc3occc3c2)C1. The van der Waals surface area contributed by atoms with E-state index in [1.165, 1.54) is 18.4 Å². The lowest BCUT2D eigenvalue weighted by molar-refractivity contribution is -0.0519. The van der Waals surface area contributed by atoms with Crippen LogP contribution >= 0.6 is 0 Å². The van der Waals surface area contributed by atoms with E-state index in [1.54, 1.807) is 6.26 Å². The normalized spacial score (nSPS) is 27.0. The van der Waals surface area contributed by atoms with Crippen LogP contribution in [-0.4, -0.2) is 53.2 Å². The summed E-state index contributed by atoms with van der Waals surface area (Å²) in [5.41, 5.74) is 1.70. The molecular formula is C19H26N2O2. The molecule has 0 aliphatic carbocycles. The fourth-order valence-electron chi connectivity index (χ4n) is 4.20. The summed E-state index contributed by atoms with van der Waals surface area (Å²) in [6.07, 6.45) is 6.32. The predicted molar refractivity (Wildman–Crippen MR) is 91.3 cm³/mol. The number of fused-ring (bicyclic) bond motifs is 1. The molecule has 1 atom stereocenters. The van der Waals surface area contributed by atoms with Gasteiger partial charge in [0, 0.05) is 25.0 Å². The number of hydrogen-bond acceptors (Lipinski definition) is 4. The fourth-order valence-corrected chi connectivity index (χ4v) is 4.20. The van der Waals surface area contributed by atoms with Crippen molar-refractivity contribution < 1.29 is 9.52 Å². The average Bonchev–Trinajstić information content (AvgIpc) is 3.17. The molecule has 0 spiro atoms. The van der Waals surface area contributed by atoms with E-state index in [-0.39, 0.29) is 0 Å². The number of rotatable bonds is 4. The third-order valence-electron chi connectivity index (χ3n) is 5.27. The van der Waals surface area contributed by atoms with Gasteiger partial charge in [-0.1, -0.05) is 6.07 Å². The van der Waals surface area contributed by atoms with Crippen LogP contribution in [0.1, 0.15) is 31.2 Å². The lowest BCUT2D eigenvalue weighted by Gasteiger charge is -2.41. The monoisotopic (exact) mass is 314 g/mol. The van der Waals surface area contributed by atoms with Crippen molar-refractivity contribution >= 4 is 11.0 Å². The number of benzene rings is 1. The van der Waals surface area contributed by atoms with Crippen molar-refractivity contribution in [2.75, 3.05) is 32.7 Å². The molecule has 0 saturated carbocycles. The molecule has 4 nitrogen and oxygen atoms in total. The molecule has 0 bridgehead atoms. The highest BCUT2D eigenvalue weighted by atomic mass is 16.3. The van der Waals surface area contributed by atoms with E-state index in [0.29, 0.717) is 0 Å². The van der Waals surface area contributed by atoms with Crippen LogP contribution in [0.5, 0.6) is 0 Å². The summed E-state index contributed by atoms with van der Waals surface area (Å²) < 4.78 is 5.41. The van der Waals surface area contributed by atoms with E-state index < -0.39 is 5.60 Å². The largest absolute Gasteiger partial charge is 0.464 e. The van der Waals surface area contributed by atoms with Gasteiger partial charge in [0.15, 0.2) is 0 Å². The molecule has 23 heavy (non-hydrogen) atoms. The van der Waals surface area contributed by atoms with Gasteiger partial charge in [0.1, 0.15) is 5.58 Å². The fraction of sp³-hybridized carbons (Fsp3) is 0.579. The molecular weight excluding hydrogens is 288 g/mol. The Morgan fingerprint density at radius 2 is 1.87 bits per heavy atom. The summed E-state index contributed by atoms with van der Waals surface area (Å²) in [7, 11) is 0. The topological polar surface area (TPSA) is 39.9 Å². The molecule has 1 aromatic carbocycles. The van der Waals surface area contributed by atoms with Crippen LogP contribution in [0.4, 0.5) is 0 Å². The quantitative estimate of drug-likeness (QED) is 0.942. The summed E-state index contributed by atoms with van der Waals surface area (Å²) in [6.45, 7) is 5.91. The highest BCUT2D eigenvalue weighted by Gasteiger charge is 2.35. The first-order valence-electron chi connectivity index (χ1n) is 8.84. The van der Waals surface area contributed by atoms with Crippen LogP contribution in [0.25, 0.3) is 11.0 Å². The molecule has 4 heteroatoms. The Morgan fingerprint density at radius 3 is 2.74 bits per heavy atom. The van der Waals surface area contributed by atoms with Crippen molar-refractivity contribution in [1.82, 2.24) is 9.80 Å². The summed E-state index contributed by atoms with van der Waals surface area (Å²) >= 11 is 0. The minimum atomic E-state index is -0.539. The zero-order chi connectivity index (χ0) is 15.7. The highest BCUT2D eigenvalue weighted by Crippen LogP contribution is 2.26. The average molecular weight is 314 g/mol. The van der Waals surface area contributed by atoms with Gasteiger partial charge in [-0.25, -0.2) is 0 Å². The van der Waals surface area contributed by atoms with Gasteiger partial charge < -0.3 is 14.4 Å². The molecule has 1 aromatic heterocycles. The van der Waals surface area contributed by atoms with Gasteiger partial charge >= 0.3 is 0 Å². The number of β-amino-alcohol motifs (C(OH)–C–C–N with tert-alkyl or cyclic N) is 1. The zero-order valence-corrected chi connectivity index (χ0v) is 13.7. The maximum absolute atomic E-state index is 11.0. The van der Waals surface area contributed by atoms with Crippen molar-refractivity contribution in [3.05, 3.63) is 36.1 Å². The maximum atomic E-state index is 11.0. The van der Waals surface area contributed by atoms with E-state index in [4.69, 9.17) is 4.42 Å². The van der Waals surface area contributed by atoms with Gasteiger partial charge in [-0.3, -0.25) is 4.90 Å². The number of hydrogen-bond donors (Lipinski definition) is 1. The van der Waals surface area contributed by atoms with E-state index in [0.717, 1.165) is 63.1 Å². The number of nitrogens with zero attached hydrogens (tertiary/aromatic N) is 2. The number of piperidine rings is 1. The number of likely N-dealkylation sites (tertiary alicyclic amines) is 2. The molecule has 124 valence electrons. The van der Waals surface area contributed by atoms with E-state index in [2.05, 4.69) is 21.9 Å². The zero-order valence-electron chi connectivity index (χ0n) is 13.7. The van der Waals surface area contributed by atoms with Crippen molar-refractivity contribution in [2.24, 2.45) is 0 Å². The molecule has 0 radical (unpaired) electrons. The Bertz CT molecular complexity index is 662. The Balaban J connectivity index is 1.41. The van der Waals surface area contributed by atoms with Gasteiger partial charge in [0.2, 0.25) is 0 Å². The summed E-state index contributed by atoms with van der Waals surface area (Å²) in [6, 6.07) is 8.40. The van der Waals surface area contributed by atoms with Crippen LogP contribution in [0.2, 0.25) is 0 Å². The second-order valence-corrected chi connectivity index (χ2v) is 7.31. The smallest absolute Gasteiger partial charge is 0.133 e. The lowest BCUT2D eigenvalue weighted by atomic mass is 9.92. The highest BCUT2D eigenvalue weighted by molar-refractivity contribution is 5.77. The van der Waals surface area contributed by atoms with Crippen LogP contribution in [0, 0.1) is 0 Å². The van der Waals surface area contributed by atoms with E-state index in [9.17, 15) is 5.11 Å². The first-order valence-corrected chi connectivity index (χ1v) is 8.84. The molecule has 4 rings (SSSR count). The molecule has 1 unspecified atom stereocenters. The second kappa shape index (κ2) is 6.27. The second-order valence-electron chi connectivity index (χ2n) is 7.31. The predicted octanol–water partition coefficient (Wildman–Crippen LogP) is 2.86. The molecule has 2 fully saturated rings. The Labute approximate surface area is 137 Å². The Kier molecular flexibility index (Phi) is 4.14. The number of furan rings is 1. The first kappa shape index (κ1) is 15.2. The van der Waals surface area contributed by atoms with Crippen molar-refractivity contribution in [3.8, 4) is 0 Å². The van der Waals surface area contributed by atoms with Crippen LogP contribution in [0.3, 0.4) is 0 Å². The summed E-state index contributed by atoms with van der Waals surface area (Å²) in [4.78, 5) is 4.84. The Morgan fingerprint density at radius 1 is 1.04 bits per heavy atom. The van der Waals surface area contributed by atoms with Gasteiger partial charge in [0.25, 0.3) is 0 Å². The summed E-state index contributed by atoms with van der Waals surface area (Å²) in [5, 5.41) is 12.2. The molecule has 0 amide bonds. The minimum Gasteiger partial charge on any atom is -0.464 e. The molecule has 2 saturated heterocycles. The summed E-state index contributed by atoms with van der Waals surface area (Å²) in [5.74, 6) is 0. The van der Waals surface area contributed by atoms with Gasteiger partial charge in [0.05, 0.1) is 11.9 Å². The Hall–Kier alpha value is -1.36. The first-order chi connectivity index (χ1) is 11.2. The van der Waals surface area contributed by atoms with E-state index >= 15 is 0 Å². The van der Waals surface area contributed by atoms with Crippen molar-refractivity contribution in [3.63, 3.8) is 0 Å². The van der Waals surface area contributed by atoms with E-state index in [1.807, 2.05) is 12.1 Å². The van der Waals surface area contributed by atoms with Crippen LogP contribution in [0.15, 0.2) is 34.9 Å². The van der Waals surface area contributed by atoms with Crippen LogP contribution in [-0.2, 0) is 6.54 Å². The third kappa shape index (κ3) is 3.44. The lowest BCUT2D eigenvalue weighted by Crippen LogP contribution is -2.53. The van der Waals surface area contributed by atoms with Gasteiger partial charge in [-0.05, 0) is 69.1 Å². The third-order valence-corrected chi connectivity index (χ3v) is 5.27. The maximum Gasteiger partial charge on any atom is 0.133 e. The molecule has 2 aliphatic rings. The van der Waals surface area contributed by atoms with Crippen molar-refractivity contribution in [2.45, 2.75) is 37.8 Å². The van der Waals surface area contributed by atoms with Crippen molar-refractivity contribution in [1.29, 1.82) is 0 Å². The van der Waals surface area contributed by atoms with Gasteiger partial charge in [-0.2, -0.15) is 0 Å². The molecule has 3 heterocycles. The van der Waals surface area contributed by atoms with Crippen LogP contribution < -0.4 is 0 Å².